The molecule has 0 aliphatic carbocycles. The summed E-state index contributed by atoms with van der Waals surface area (Å²) in [6, 6.07) is 3.76. The van der Waals surface area contributed by atoms with Crippen molar-refractivity contribution < 1.29 is 4.39 Å². The number of H-pyrrole nitrogens is 1. The summed E-state index contributed by atoms with van der Waals surface area (Å²) in [5, 5.41) is 0. The van der Waals surface area contributed by atoms with Crippen LogP contribution in [0.2, 0.25) is 0 Å². The van der Waals surface area contributed by atoms with Gasteiger partial charge in [0.2, 0.25) is 0 Å². The number of benzene rings is 1. The van der Waals surface area contributed by atoms with Crippen LogP contribution in [0.5, 0.6) is 0 Å². The van der Waals surface area contributed by atoms with E-state index in [2.05, 4.69) is 30.3 Å². The van der Waals surface area contributed by atoms with Gasteiger partial charge in [0.25, 0.3) is 0 Å². The molecule has 4 heteroatoms. The second kappa shape index (κ2) is 6.08. The van der Waals surface area contributed by atoms with Gasteiger partial charge >= 0.3 is 0 Å². The average molecular weight is 294 g/mol. The Morgan fingerprint density at radius 3 is 2.60 bits per heavy atom. The first kappa shape index (κ1) is 15.2. The zero-order valence-corrected chi connectivity index (χ0v) is 13.5. The molecule has 0 fully saturated rings. The van der Waals surface area contributed by atoms with Crippen molar-refractivity contribution in [2.24, 2.45) is 5.92 Å². The summed E-state index contributed by atoms with van der Waals surface area (Å²) in [5.41, 5.74) is 2.45. The van der Waals surface area contributed by atoms with Gasteiger partial charge in [-0.25, -0.2) is 4.39 Å². The van der Waals surface area contributed by atoms with Crippen LogP contribution in [0.3, 0.4) is 0 Å². The van der Waals surface area contributed by atoms with Gasteiger partial charge in [-0.3, -0.25) is 0 Å². The van der Waals surface area contributed by atoms with Gasteiger partial charge in [-0.1, -0.05) is 26.7 Å². The van der Waals surface area contributed by atoms with Crippen LogP contribution >= 0.6 is 12.2 Å². The summed E-state index contributed by atoms with van der Waals surface area (Å²) in [6.07, 6.45) is 3.51. The third-order valence-electron chi connectivity index (χ3n) is 3.84. The number of hydrogen-bond donors (Lipinski definition) is 1. The maximum atomic E-state index is 13.6. The largest absolute Gasteiger partial charge is 0.330 e. The van der Waals surface area contributed by atoms with Crippen LogP contribution in [0.25, 0.3) is 11.0 Å². The smallest absolute Gasteiger partial charge is 0.178 e. The molecule has 0 amide bonds. The molecule has 0 saturated heterocycles. The van der Waals surface area contributed by atoms with Crippen molar-refractivity contribution >= 4 is 23.3 Å². The molecule has 1 N–H and O–H groups in total. The van der Waals surface area contributed by atoms with E-state index in [9.17, 15) is 4.39 Å². The van der Waals surface area contributed by atoms with Gasteiger partial charge in [-0.05, 0) is 56.1 Å². The first-order valence-electron chi connectivity index (χ1n) is 7.30. The molecule has 1 unspecified atom stereocenters. The molecule has 2 rings (SSSR count). The number of aryl methyl sites for hydroxylation is 1. The van der Waals surface area contributed by atoms with E-state index in [-0.39, 0.29) is 5.82 Å². The van der Waals surface area contributed by atoms with E-state index in [1.54, 1.807) is 6.92 Å². The predicted octanol–water partition coefficient (Wildman–Crippen LogP) is 5.53. The number of imidazole rings is 1. The Hall–Kier alpha value is -1.16. The summed E-state index contributed by atoms with van der Waals surface area (Å²) >= 11 is 5.40. The fraction of sp³-hybridized carbons (Fsp3) is 0.562. The van der Waals surface area contributed by atoms with Crippen LogP contribution < -0.4 is 0 Å². The lowest BCUT2D eigenvalue weighted by molar-refractivity contribution is 0.451. The standard InChI is InChI=1S/C16H23FN2S/c1-10(2)6-5-7-12(4)19-15-8-11(3)13(17)9-14(15)18-16(19)20/h8-10,12H,5-7H2,1-4H3,(H,18,20). The molecule has 0 spiro atoms. The van der Waals surface area contributed by atoms with Gasteiger partial charge in [0.1, 0.15) is 5.82 Å². The predicted molar refractivity (Wildman–Crippen MR) is 85.2 cm³/mol. The van der Waals surface area contributed by atoms with E-state index in [1.165, 1.54) is 18.9 Å². The molecule has 0 aliphatic heterocycles. The van der Waals surface area contributed by atoms with Crippen LogP contribution in [-0.2, 0) is 0 Å². The maximum absolute atomic E-state index is 13.6. The first-order chi connectivity index (χ1) is 9.40. The monoisotopic (exact) mass is 294 g/mol. The summed E-state index contributed by atoms with van der Waals surface area (Å²) in [6.45, 7) is 8.46. The number of halogens is 1. The van der Waals surface area contributed by atoms with Crippen molar-refractivity contribution in [1.29, 1.82) is 0 Å². The average Bonchev–Trinajstić information content (AvgIpc) is 2.64. The van der Waals surface area contributed by atoms with Crippen molar-refractivity contribution in [3.05, 3.63) is 28.3 Å². The highest BCUT2D eigenvalue weighted by Gasteiger charge is 2.13. The Kier molecular flexibility index (Phi) is 4.63. The SMILES string of the molecule is Cc1cc2c(cc1F)[nH]c(=S)n2C(C)CCCC(C)C. The molecule has 1 aromatic carbocycles. The van der Waals surface area contributed by atoms with Crippen molar-refractivity contribution in [3.8, 4) is 0 Å². The molecule has 20 heavy (non-hydrogen) atoms. The minimum Gasteiger partial charge on any atom is -0.330 e. The van der Waals surface area contributed by atoms with E-state index in [0.29, 0.717) is 16.4 Å². The number of aromatic nitrogens is 2. The Balaban J connectivity index is 2.31. The Bertz CT molecular complexity index is 654. The van der Waals surface area contributed by atoms with Crippen LogP contribution in [0.1, 0.15) is 51.6 Å². The highest BCUT2D eigenvalue weighted by Crippen LogP contribution is 2.25. The highest BCUT2D eigenvalue weighted by molar-refractivity contribution is 7.71. The van der Waals surface area contributed by atoms with Crippen LogP contribution in [0.15, 0.2) is 12.1 Å². The molecular formula is C16H23FN2S. The number of nitrogens with zero attached hydrogens (tertiary/aromatic N) is 1. The van der Waals surface area contributed by atoms with Crippen molar-refractivity contribution in [2.45, 2.75) is 53.0 Å². The van der Waals surface area contributed by atoms with Crippen LogP contribution in [0.4, 0.5) is 4.39 Å². The molecule has 0 bridgehead atoms. The third-order valence-corrected chi connectivity index (χ3v) is 4.14. The molecular weight excluding hydrogens is 271 g/mol. The van der Waals surface area contributed by atoms with Gasteiger partial charge in [0.15, 0.2) is 4.77 Å². The number of aromatic amines is 1. The molecule has 2 aromatic rings. The second-order valence-corrected chi connectivity index (χ2v) is 6.48. The second-order valence-electron chi connectivity index (χ2n) is 6.09. The van der Waals surface area contributed by atoms with Gasteiger partial charge in [0, 0.05) is 6.04 Å². The topological polar surface area (TPSA) is 20.7 Å². The summed E-state index contributed by atoms with van der Waals surface area (Å²) in [7, 11) is 0. The lowest BCUT2D eigenvalue weighted by atomic mass is 10.0. The highest BCUT2D eigenvalue weighted by atomic mass is 32.1. The number of nitrogens with one attached hydrogen (secondary N) is 1. The number of rotatable bonds is 5. The fourth-order valence-corrected chi connectivity index (χ4v) is 3.03. The van der Waals surface area contributed by atoms with Crippen molar-refractivity contribution in [2.75, 3.05) is 0 Å². The molecule has 110 valence electrons. The third kappa shape index (κ3) is 3.11. The minimum atomic E-state index is -0.187. The van der Waals surface area contributed by atoms with Gasteiger partial charge < -0.3 is 9.55 Å². The lowest BCUT2D eigenvalue weighted by Gasteiger charge is -2.15. The maximum Gasteiger partial charge on any atom is 0.178 e. The number of hydrogen-bond acceptors (Lipinski definition) is 1. The van der Waals surface area contributed by atoms with Crippen LogP contribution in [-0.4, -0.2) is 9.55 Å². The Labute approximate surface area is 125 Å². The van der Waals surface area contributed by atoms with E-state index >= 15 is 0 Å². The summed E-state index contributed by atoms with van der Waals surface area (Å²) in [5.74, 6) is 0.544. The lowest BCUT2D eigenvalue weighted by Crippen LogP contribution is -2.06. The van der Waals surface area contributed by atoms with E-state index in [4.69, 9.17) is 12.2 Å². The van der Waals surface area contributed by atoms with Crippen LogP contribution in [0, 0.1) is 23.4 Å². The van der Waals surface area contributed by atoms with Gasteiger partial charge in [-0.15, -0.1) is 0 Å². The van der Waals surface area contributed by atoms with E-state index in [1.807, 2.05) is 6.07 Å². The molecule has 0 aliphatic rings. The quantitative estimate of drug-likeness (QED) is 0.719. The van der Waals surface area contributed by atoms with Crippen molar-refractivity contribution in [3.63, 3.8) is 0 Å². The Morgan fingerprint density at radius 1 is 1.25 bits per heavy atom. The first-order valence-corrected chi connectivity index (χ1v) is 7.71. The fourth-order valence-electron chi connectivity index (χ4n) is 2.64. The Morgan fingerprint density at radius 2 is 1.95 bits per heavy atom. The van der Waals surface area contributed by atoms with E-state index < -0.39 is 0 Å². The summed E-state index contributed by atoms with van der Waals surface area (Å²) in [4.78, 5) is 3.11. The normalized spacial score (nSPS) is 13.3. The summed E-state index contributed by atoms with van der Waals surface area (Å²) < 4.78 is 16.4. The van der Waals surface area contributed by atoms with Gasteiger partial charge in [-0.2, -0.15) is 0 Å². The minimum absolute atomic E-state index is 0.187. The molecule has 0 radical (unpaired) electrons. The molecule has 1 atom stereocenters. The zero-order valence-electron chi connectivity index (χ0n) is 12.7. The van der Waals surface area contributed by atoms with Crippen molar-refractivity contribution in [1.82, 2.24) is 9.55 Å². The molecule has 1 aromatic heterocycles. The van der Waals surface area contributed by atoms with E-state index in [0.717, 1.165) is 23.4 Å². The molecule has 1 heterocycles. The van der Waals surface area contributed by atoms with Gasteiger partial charge in [0.05, 0.1) is 11.0 Å². The number of fused-ring (bicyclic) bond motifs is 1. The molecule has 0 saturated carbocycles. The zero-order chi connectivity index (χ0) is 14.9. The molecule has 2 nitrogen and oxygen atoms in total.